The Bertz CT molecular complexity index is 368. The third-order valence-electron chi connectivity index (χ3n) is 3.73. The minimum atomic E-state index is 0.869. The maximum atomic E-state index is 5.82. The van der Waals surface area contributed by atoms with Gasteiger partial charge in [0.2, 0.25) is 0 Å². The van der Waals surface area contributed by atoms with Crippen LogP contribution in [0.4, 0.5) is 11.4 Å². The van der Waals surface area contributed by atoms with Crippen LogP contribution in [0.25, 0.3) is 0 Å². The first kappa shape index (κ1) is 13.2. The smallest absolute Gasteiger partial charge is 0.0345 e. The summed E-state index contributed by atoms with van der Waals surface area (Å²) < 4.78 is 0. The number of nitrogens with zero attached hydrogens (tertiary/aromatic N) is 1. The minimum absolute atomic E-state index is 0.869. The van der Waals surface area contributed by atoms with E-state index in [-0.39, 0.29) is 0 Å². The fraction of sp³-hybridized carbons (Fsp3) is 0.600. The Labute approximate surface area is 110 Å². The fourth-order valence-corrected chi connectivity index (χ4v) is 2.50. The standard InChI is InChI=1S/C15H25N3/c1-13-12-14(6-7-15(13)16)17-8-11-18-9-4-2-3-5-10-18/h6-7,12,17H,2-5,8-11,16H2,1H3. The Morgan fingerprint density at radius 2 is 1.89 bits per heavy atom. The Hall–Kier alpha value is -1.22. The summed E-state index contributed by atoms with van der Waals surface area (Å²) in [6.45, 7) is 6.74. The van der Waals surface area contributed by atoms with Crippen molar-refractivity contribution in [2.75, 3.05) is 37.2 Å². The second kappa shape index (κ2) is 6.64. The summed E-state index contributed by atoms with van der Waals surface area (Å²) >= 11 is 0. The molecule has 2 rings (SSSR count). The van der Waals surface area contributed by atoms with Gasteiger partial charge in [-0.3, -0.25) is 0 Å². The molecule has 1 saturated heterocycles. The first-order valence-electron chi connectivity index (χ1n) is 7.08. The molecular weight excluding hydrogens is 222 g/mol. The van der Waals surface area contributed by atoms with Crippen LogP contribution in [0.2, 0.25) is 0 Å². The zero-order chi connectivity index (χ0) is 12.8. The van der Waals surface area contributed by atoms with Crippen LogP contribution in [0.15, 0.2) is 18.2 Å². The Morgan fingerprint density at radius 3 is 2.56 bits per heavy atom. The number of nitrogens with two attached hydrogens (primary N) is 1. The molecule has 1 aromatic carbocycles. The topological polar surface area (TPSA) is 41.3 Å². The molecule has 0 aliphatic carbocycles. The van der Waals surface area contributed by atoms with Gasteiger partial charge in [-0.15, -0.1) is 0 Å². The molecule has 1 aromatic rings. The zero-order valence-corrected chi connectivity index (χ0v) is 11.4. The number of nitrogen functional groups attached to an aromatic ring is 1. The Kier molecular flexibility index (Phi) is 4.88. The van der Waals surface area contributed by atoms with Gasteiger partial charge in [-0.25, -0.2) is 0 Å². The van der Waals surface area contributed by atoms with Gasteiger partial charge in [-0.2, -0.15) is 0 Å². The summed E-state index contributed by atoms with van der Waals surface area (Å²) in [5.74, 6) is 0. The van der Waals surface area contributed by atoms with E-state index in [1.165, 1.54) is 44.5 Å². The number of likely N-dealkylation sites (tertiary alicyclic amines) is 1. The summed E-state index contributed by atoms with van der Waals surface area (Å²) in [5, 5.41) is 3.48. The van der Waals surface area contributed by atoms with Crippen LogP contribution in [-0.4, -0.2) is 31.1 Å². The van der Waals surface area contributed by atoms with Crippen molar-refractivity contribution in [3.63, 3.8) is 0 Å². The molecule has 0 amide bonds. The predicted molar refractivity (Wildman–Crippen MR) is 79.0 cm³/mol. The van der Waals surface area contributed by atoms with Crippen LogP contribution < -0.4 is 11.1 Å². The van der Waals surface area contributed by atoms with Gasteiger partial charge < -0.3 is 16.0 Å². The van der Waals surface area contributed by atoms with E-state index in [1.54, 1.807) is 0 Å². The molecule has 0 saturated carbocycles. The summed E-state index contributed by atoms with van der Waals surface area (Å²) in [5.41, 5.74) is 9.01. The molecule has 1 aliphatic rings. The third-order valence-corrected chi connectivity index (χ3v) is 3.73. The van der Waals surface area contributed by atoms with Crippen molar-refractivity contribution in [1.29, 1.82) is 0 Å². The second-order valence-electron chi connectivity index (χ2n) is 5.25. The summed E-state index contributed by atoms with van der Waals surface area (Å²) in [6.07, 6.45) is 5.53. The molecule has 0 unspecified atom stereocenters. The Morgan fingerprint density at radius 1 is 1.17 bits per heavy atom. The highest BCUT2D eigenvalue weighted by atomic mass is 15.1. The molecule has 3 N–H and O–H groups in total. The van der Waals surface area contributed by atoms with Gasteiger partial charge in [0.25, 0.3) is 0 Å². The molecule has 1 fully saturated rings. The number of rotatable bonds is 4. The van der Waals surface area contributed by atoms with E-state index >= 15 is 0 Å². The van der Waals surface area contributed by atoms with Gasteiger partial charge in [0, 0.05) is 24.5 Å². The van der Waals surface area contributed by atoms with Gasteiger partial charge >= 0.3 is 0 Å². The largest absolute Gasteiger partial charge is 0.399 e. The van der Waals surface area contributed by atoms with Crippen LogP contribution in [0, 0.1) is 6.92 Å². The van der Waals surface area contributed by atoms with E-state index in [9.17, 15) is 0 Å². The molecule has 0 radical (unpaired) electrons. The lowest BCUT2D eigenvalue weighted by molar-refractivity contribution is 0.296. The van der Waals surface area contributed by atoms with Crippen LogP contribution in [0.1, 0.15) is 31.2 Å². The van der Waals surface area contributed by atoms with Crippen LogP contribution in [0.3, 0.4) is 0 Å². The molecule has 0 atom stereocenters. The molecule has 18 heavy (non-hydrogen) atoms. The number of anilines is 2. The van der Waals surface area contributed by atoms with Crippen LogP contribution >= 0.6 is 0 Å². The number of benzene rings is 1. The number of aryl methyl sites for hydroxylation is 1. The lowest BCUT2D eigenvalue weighted by atomic mass is 10.2. The van der Waals surface area contributed by atoms with Crippen LogP contribution in [0.5, 0.6) is 0 Å². The van der Waals surface area contributed by atoms with Gasteiger partial charge in [0.05, 0.1) is 0 Å². The zero-order valence-electron chi connectivity index (χ0n) is 11.4. The van der Waals surface area contributed by atoms with Gasteiger partial charge in [0.15, 0.2) is 0 Å². The summed E-state index contributed by atoms with van der Waals surface area (Å²) in [4.78, 5) is 2.57. The first-order chi connectivity index (χ1) is 8.75. The first-order valence-corrected chi connectivity index (χ1v) is 7.08. The molecule has 3 nitrogen and oxygen atoms in total. The second-order valence-corrected chi connectivity index (χ2v) is 5.25. The highest BCUT2D eigenvalue weighted by Gasteiger charge is 2.07. The maximum Gasteiger partial charge on any atom is 0.0345 e. The monoisotopic (exact) mass is 247 g/mol. The lowest BCUT2D eigenvalue weighted by Crippen LogP contribution is -2.29. The van der Waals surface area contributed by atoms with Crippen LogP contribution in [-0.2, 0) is 0 Å². The minimum Gasteiger partial charge on any atom is -0.399 e. The van der Waals surface area contributed by atoms with E-state index in [0.29, 0.717) is 0 Å². The summed E-state index contributed by atoms with van der Waals surface area (Å²) in [7, 11) is 0. The molecule has 0 aromatic heterocycles. The van der Waals surface area contributed by atoms with Crippen molar-refractivity contribution >= 4 is 11.4 Å². The fourth-order valence-electron chi connectivity index (χ4n) is 2.50. The number of hydrogen-bond acceptors (Lipinski definition) is 3. The molecule has 3 heteroatoms. The quantitative estimate of drug-likeness (QED) is 0.804. The number of nitrogens with one attached hydrogen (secondary N) is 1. The molecular formula is C15H25N3. The van der Waals surface area contributed by atoms with Crippen molar-refractivity contribution in [1.82, 2.24) is 4.90 Å². The van der Waals surface area contributed by atoms with E-state index in [1.807, 2.05) is 6.07 Å². The SMILES string of the molecule is Cc1cc(NCCN2CCCCCC2)ccc1N. The number of hydrogen-bond donors (Lipinski definition) is 2. The molecule has 1 aliphatic heterocycles. The normalized spacial score (nSPS) is 17.4. The van der Waals surface area contributed by atoms with Crippen molar-refractivity contribution in [3.8, 4) is 0 Å². The molecule has 1 heterocycles. The lowest BCUT2D eigenvalue weighted by Gasteiger charge is -2.20. The van der Waals surface area contributed by atoms with E-state index in [2.05, 4.69) is 29.3 Å². The molecule has 100 valence electrons. The van der Waals surface area contributed by atoms with Crippen molar-refractivity contribution in [2.24, 2.45) is 0 Å². The van der Waals surface area contributed by atoms with Gasteiger partial charge in [0.1, 0.15) is 0 Å². The summed E-state index contributed by atoms with van der Waals surface area (Å²) in [6, 6.07) is 6.16. The third kappa shape index (κ3) is 3.91. The van der Waals surface area contributed by atoms with Crippen molar-refractivity contribution < 1.29 is 0 Å². The van der Waals surface area contributed by atoms with E-state index in [0.717, 1.165) is 24.3 Å². The van der Waals surface area contributed by atoms with Crippen molar-refractivity contribution in [2.45, 2.75) is 32.6 Å². The van der Waals surface area contributed by atoms with E-state index in [4.69, 9.17) is 5.73 Å². The Balaban J connectivity index is 1.75. The highest BCUT2D eigenvalue weighted by Crippen LogP contribution is 2.16. The molecule has 0 bridgehead atoms. The van der Waals surface area contributed by atoms with Crippen molar-refractivity contribution in [3.05, 3.63) is 23.8 Å². The highest BCUT2D eigenvalue weighted by molar-refractivity contribution is 5.56. The average Bonchev–Trinajstić information content (AvgIpc) is 2.62. The van der Waals surface area contributed by atoms with Gasteiger partial charge in [-0.1, -0.05) is 12.8 Å². The van der Waals surface area contributed by atoms with Gasteiger partial charge in [-0.05, 0) is 56.6 Å². The average molecular weight is 247 g/mol. The molecule has 0 spiro atoms. The van der Waals surface area contributed by atoms with E-state index < -0.39 is 0 Å². The maximum absolute atomic E-state index is 5.82. The predicted octanol–water partition coefficient (Wildman–Crippen LogP) is 2.87.